The maximum absolute atomic E-state index is 12.5. The molecular formula is C17H23NO2S. The Morgan fingerprint density at radius 3 is 2.90 bits per heavy atom. The molecule has 2 N–H and O–H groups in total. The summed E-state index contributed by atoms with van der Waals surface area (Å²) in [7, 11) is 0. The van der Waals surface area contributed by atoms with Crippen molar-refractivity contribution in [1.82, 2.24) is 5.32 Å². The molecule has 0 spiro atoms. The van der Waals surface area contributed by atoms with Crippen molar-refractivity contribution in [3.8, 4) is 11.8 Å². The maximum Gasteiger partial charge on any atom is 0.226 e. The monoisotopic (exact) mass is 305 g/mol. The summed E-state index contributed by atoms with van der Waals surface area (Å²) in [6, 6.07) is 1.97. The van der Waals surface area contributed by atoms with E-state index in [0.717, 1.165) is 42.5 Å². The third-order valence-electron chi connectivity index (χ3n) is 4.33. The highest BCUT2D eigenvalue weighted by Crippen LogP contribution is 2.41. The number of carbonyl (C=O) groups excluding carboxylic acids is 1. The van der Waals surface area contributed by atoms with Gasteiger partial charge in [-0.15, -0.1) is 11.3 Å². The Bertz CT molecular complexity index is 532. The van der Waals surface area contributed by atoms with E-state index in [2.05, 4.69) is 24.1 Å². The van der Waals surface area contributed by atoms with E-state index in [1.54, 1.807) is 11.3 Å². The van der Waals surface area contributed by atoms with Crippen molar-refractivity contribution in [1.29, 1.82) is 0 Å². The summed E-state index contributed by atoms with van der Waals surface area (Å²) in [6.07, 6.45) is 5.77. The number of rotatable bonds is 5. The number of aliphatic hydroxyl groups excluding tert-OH is 1. The van der Waals surface area contributed by atoms with Gasteiger partial charge in [0.25, 0.3) is 0 Å². The molecule has 1 aromatic rings. The quantitative estimate of drug-likeness (QED) is 0.821. The van der Waals surface area contributed by atoms with Gasteiger partial charge in [-0.05, 0) is 30.7 Å². The summed E-state index contributed by atoms with van der Waals surface area (Å²) in [5.74, 6) is 6.19. The van der Waals surface area contributed by atoms with Crippen LogP contribution in [-0.4, -0.2) is 17.6 Å². The molecule has 1 saturated carbocycles. The van der Waals surface area contributed by atoms with Gasteiger partial charge in [0.1, 0.15) is 0 Å². The molecule has 3 nitrogen and oxygen atoms in total. The van der Waals surface area contributed by atoms with Gasteiger partial charge >= 0.3 is 0 Å². The van der Waals surface area contributed by atoms with Crippen LogP contribution in [0.1, 0.15) is 55.9 Å². The first-order valence-electron chi connectivity index (χ1n) is 7.66. The SMILES string of the molecule is CCC1(C(=O)NCc2sccc2C#CCCO)CCCC1. The van der Waals surface area contributed by atoms with Crippen LogP contribution < -0.4 is 5.32 Å². The number of amides is 1. The van der Waals surface area contributed by atoms with Crippen molar-refractivity contribution in [2.24, 2.45) is 5.41 Å². The zero-order valence-corrected chi connectivity index (χ0v) is 13.4. The number of hydrogen-bond acceptors (Lipinski definition) is 3. The average Bonchev–Trinajstić information content (AvgIpc) is 3.15. The molecule has 0 unspecified atom stereocenters. The zero-order chi connectivity index (χ0) is 15.1. The van der Waals surface area contributed by atoms with Crippen LogP contribution in [0.15, 0.2) is 11.4 Å². The van der Waals surface area contributed by atoms with E-state index in [4.69, 9.17) is 5.11 Å². The van der Waals surface area contributed by atoms with Crippen molar-refractivity contribution in [2.75, 3.05) is 6.61 Å². The van der Waals surface area contributed by atoms with Crippen molar-refractivity contribution in [3.63, 3.8) is 0 Å². The summed E-state index contributed by atoms with van der Waals surface area (Å²) < 4.78 is 0. The van der Waals surface area contributed by atoms with Gasteiger partial charge < -0.3 is 10.4 Å². The zero-order valence-electron chi connectivity index (χ0n) is 12.6. The average molecular weight is 305 g/mol. The van der Waals surface area contributed by atoms with E-state index in [9.17, 15) is 4.79 Å². The first-order chi connectivity index (χ1) is 10.2. The third kappa shape index (κ3) is 3.87. The van der Waals surface area contributed by atoms with Gasteiger partial charge in [-0.25, -0.2) is 0 Å². The van der Waals surface area contributed by atoms with E-state index < -0.39 is 0 Å². The lowest BCUT2D eigenvalue weighted by Gasteiger charge is -2.25. The van der Waals surface area contributed by atoms with Crippen LogP contribution in [-0.2, 0) is 11.3 Å². The maximum atomic E-state index is 12.5. The van der Waals surface area contributed by atoms with Crippen LogP contribution >= 0.6 is 11.3 Å². The van der Waals surface area contributed by atoms with Crippen LogP contribution in [0.25, 0.3) is 0 Å². The van der Waals surface area contributed by atoms with Crippen LogP contribution in [0.4, 0.5) is 0 Å². The fourth-order valence-electron chi connectivity index (χ4n) is 2.94. The topological polar surface area (TPSA) is 49.3 Å². The molecule has 0 aromatic carbocycles. The predicted octanol–water partition coefficient (Wildman–Crippen LogP) is 3.07. The van der Waals surface area contributed by atoms with Crippen LogP contribution in [0, 0.1) is 17.3 Å². The number of aliphatic hydroxyl groups is 1. The molecule has 1 aliphatic rings. The van der Waals surface area contributed by atoms with E-state index in [-0.39, 0.29) is 17.9 Å². The number of nitrogens with one attached hydrogen (secondary N) is 1. The fourth-order valence-corrected chi connectivity index (χ4v) is 3.71. The van der Waals surface area contributed by atoms with E-state index in [1.165, 1.54) is 0 Å². The summed E-state index contributed by atoms with van der Waals surface area (Å²) >= 11 is 1.62. The Morgan fingerprint density at radius 1 is 1.48 bits per heavy atom. The van der Waals surface area contributed by atoms with Crippen molar-refractivity contribution in [3.05, 3.63) is 21.9 Å². The lowest BCUT2D eigenvalue weighted by atomic mass is 9.82. The Morgan fingerprint density at radius 2 is 2.24 bits per heavy atom. The van der Waals surface area contributed by atoms with Gasteiger partial charge in [-0.3, -0.25) is 4.79 Å². The largest absolute Gasteiger partial charge is 0.395 e. The minimum absolute atomic E-state index is 0.0855. The highest BCUT2D eigenvalue weighted by atomic mass is 32.1. The molecule has 1 fully saturated rings. The first kappa shape index (κ1) is 16.1. The normalized spacial score (nSPS) is 16.3. The summed E-state index contributed by atoms with van der Waals surface area (Å²) in [4.78, 5) is 13.6. The Hall–Kier alpha value is -1.31. The molecule has 1 aliphatic carbocycles. The Balaban J connectivity index is 1.96. The lowest BCUT2D eigenvalue weighted by molar-refractivity contribution is -0.131. The summed E-state index contributed by atoms with van der Waals surface area (Å²) in [5.41, 5.74) is 0.825. The van der Waals surface area contributed by atoms with Gasteiger partial charge in [-0.1, -0.05) is 31.6 Å². The molecular weight excluding hydrogens is 282 g/mol. The van der Waals surface area contributed by atoms with Crippen LogP contribution in [0.2, 0.25) is 0 Å². The van der Waals surface area contributed by atoms with E-state index in [0.29, 0.717) is 13.0 Å². The third-order valence-corrected chi connectivity index (χ3v) is 5.25. The molecule has 1 aromatic heterocycles. The molecule has 0 radical (unpaired) electrons. The molecule has 21 heavy (non-hydrogen) atoms. The van der Waals surface area contributed by atoms with Gasteiger partial charge in [-0.2, -0.15) is 0 Å². The summed E-state index contributed by atoms with van der Waals surface area (Å²) in [5, 5.41) is 13.9. The molecule has 0 saturated heterocycles. The second kappa shape index (κ2) is 7.63. The van der Waals surface area contributed by atoms with Gasteiger partial charge in [0, 0.05) is 22.3 Å². The molecule has 1 amide bonds. The molecule has 0 aliphatic heterocycles. The smallest absolute Gasteiger partial charge is 0.226 e. The van der Waals surface area contributed by atoms with Crippen molar-refractivity contribution < 1.29 is 9.90 Å². The molecule has 0 atom stereocenters. The van der Waals surface area contributed by atoms with Gasteiger partial charge in [0.05, 0.1) is 13.2 Å². The van der Waals surface area contributed by atoms with Gasteiger partial charge in [0.2, 0.25) is 5.91 Å². The molecule has 4 heteroatoms. The molecule has 1 heterocycles. The Labute approximate surface area is 130 Å². The summed E-state index contributed by atoms with van der Waals surface area (Å²) in [6.45, 7) is 2.76. The Kier molecular flexibility index (Phi) is 5.84. The van der Waals surface area contributed by atoms with Gasteiger partial charge in [0.15, 0.2) is 0 Å². The van der Waals surface area contributed by atoms with E-state index >= 15 is 0 Å². The van der Waals surface area contributed by atoms with Crippen LogP contribution in [0.5, 0.6) is 0 Å². The molecule has 114 valence electrons. The standard InChI is InChI=1S/C17H23NO2S/c1-2-17(9-4-5-10-17)16(20)18-13-15-14(8-12-21-15)7-3-6-11-19/h8,12,19H,2,4-6,9-11,13H2,1H3,(H,18,20). The number of hydrogen-bond donors (Lipinski definition) is 2. The van der Waals surface area contributed by atoms with Crippen LogP contribution in [0.3, 0.4) is 0 Å². The number of carbonyl (C=O) groups is 1. The molecule has 2 rings (SSSR count). The second-order valence-electron chi connectivity index (χ2n) is 5.56. The van der Waals surface area contributed by atoms with Crippen molar-refractivity contribution in [2.45, 2.75) is 52.0 Å². The lowest BCUT2D eigenvalue weighted by Crippen LogP contribution is -2.38. The molecule has 0 bridgehead atoms. The highest BCUT2D eigenvalue weighted by molar-refractivity contribution is 7.10. The highest BCUT2D eigenvalue weighted by Gasteiger charge is 2.39. The first-order valence-corrected chi connectivity index (χ1v) is 8.54. The minimum atomic E-state index is -0.139. The fraction of sp³-hybridized carbons (Fsp3) is 0.588. The second-order valence-corrected chi connectivity index (χ2v) is 6.56. The minimum Gasteiger partial charge on any atom is -0.395 e. The predicted molar refractivity (Wildman–Crippen MR) is 85.9 cm³/mol. The number of thiophene rings is 1. The van der Waals surface area contributed by atoms with E-state index in [1.807, 2.05) is 11.4 Å². The van der Waals surface area contributed by atoms with Crippen molar-refractivity contribution >= 4 is 17.2 Å².